The molecule has 1 saturated heterocycles. The van der Waals surface area contributed by atoms with Crippen molar-refractivity contribution >= 4 is 23.3 Å². The Hall–Kier alpha value is -2.08. The topological polar surface area (TPSA) is 96.2 Å². The second-order valence-electron chi connectivity index (χ2n) is 5.01. The maximum atomic E-state index is 12.2. The van der Waals surface area contributed by atoms with Gasteiger partial charge in [0.15, 0.2) is 0 Å². The molecular weight excluding hydrogens is 244 g/mol. The molecule has 6 heteroatoms. The van der Waals surface area contributed by atoms with Gasteiger partial charge in [0.25, 0.3) is 0 Å². The summed E-state index contributed by atoms with van der Waals surface area (Å²) in [5.41, 5.74) is 5.96. The number of primary amides is 1. The number of hydrogen-bond donors (Lipinski definition) is 4. The highest BCUT2D eigenvalue weighted by Gasteiger charge is 2.36. The monoisotopic (exact) mass is 262 g/mol. The number of carbonyl (C=O) groups is 2. The lowest BCUT2D eigenvalue weighted by atomic mass is 9.89. The van der Waals surface area contributed by atoms with E-state index in [1.807, 2.05) is 6.92 Å². The van der Waals surface area contributed by atoms with E-state index in [-0.39, 0.29) is 11.3 Å². The Kier molecular flexibility index (Phi) is 3.71. The van der Waals surface area contributed by atoms with Crippen molar-refractivity contribution in [3.8, 4) is 0 Å². The number of benzene rings is 1. The van der Waals surface area contributed by atoms with Crippen LogP contribution in [0.5, 0.6) is 0 Å². The summed E-state index contributed by atoms with van der Waals surface area (Å²) in [4.78, 5) is 22.8. The van der Waals surface area contributed by atoms with Crippen LogP contribution in [0.25, 0.3) is 0 Å². The molecule has 1 aliphatic heterocycles. The fourth-order valence-corrected chi connectivity index (χ4v) is 2.07. The van der Waals surface area contributed by atoms with Gasteiger partial charge in [0, 0.05) is 17.9 Å². The number of amides is 3. The summed E-state index contributed by atoms with van der Waals surface area (Å²) >= 11 is 0. The molecule has 19 heavy (non-hydrogen) atoms. The average Bonchev–Trinajstić information content (AvgIpc) is 2.79. The Bertz CT molecular complexity index is 478. The number of anilines is 2. The quantitative estimate of drug-likeness (QED) is 0.657. The van der Waals surface area contributed by atoms with Gasteiger partial charge in [0.2, 0.25) is 5.91 Å². The second kappa shape index (κ2) is 5.27. The van der Waals surface area contributed by atoms with Crippen LogP contribution in [0.3, 0.4) is 0 Å². The lowest BCUT2D eigenvalue weighted by molar-refractivity contribution is -0.123. The summed E-state index contributed by atoms with van der Waals surface area (Å²) in [5, 5.41) is 8.53. The minimum absolute atomic E-state index is 0.00751. The van der Waals surface area contributed by atoms with E-state index in [0.29, 0.717) is 17.9 Å². The maximum absolute atomic E-state index is 12.2. The van der Waals surface area contributed by atoms with Crippen molar-refractivity contribution in [2.45, 2.75) is 13.3 Å². The zero-order valence-corrected chi connectivity index (χ0v) is 10.8. The van der Waals surface area contributed by atoms with Gasteiger partial charge in [-0.1, -0.05) is 0 Å². The van der Waals surface area contributed by atoms with E-state index >= 15 is 0 Å². The first-order chi connectivity index (χ1) is 8.99. The minimum atomic E-state index is -0.610. The van der Waals surface area contributed by atoms with Gasteiger partial charge in [-0.3, -0.25) is 4.79 Å². The number of nitrogens with two attached hydrogens (primary N) is 1. The summed E-state index contributed by atoms with van der Waals surface area (Å²) < 4.78 is 0. The fourth-order valence-electron chi connectivity index (χ4n) is 2.07. The van der Waals surface area contributed by atoms with E-state index in [9.17, 15) is 9.59 Å². The van der Waals surface area contributed by atoms with Crippen LogP contribution in [0.4, 0.5) is 16.2 Å². The minimum Gasteiger partial charge on any atom is -0.351 e. The number of carbonyl (C=O) groups excluding carboxylic acids is 2. The van der Waals surface area contributed by atoms with E-state index < -0.39 is 6.03 Å². The Morgan fingerprint density at radius 3 is 2.26 bits per heavy atom. The third-order valence-corrected chi connectivity index (χ3v) is 3.33. The summed E-state index contributed by atoms with van der Waals surface area (Å²) in [6.45, 7) is 3.51. The van der Waals surface area contributed by atoms with E-state index in [1.54, 1.807) is 24.3 Å². The van der Waals surface area contributed by atoms with E-state index in [1.165, 1.54) is 0 Å². The predicted molar refractivity (Wildman–Crippen MR) is 73.9 cm³/mol. The van der Waals surface area contributed by atoms with E-state index in [2.05, 4.69) is 16.0 Å². The van der Waals surface area contributed by atoms with Crippen LogP contribution in [-0.2, 0) is 4.79 Å². The zero-order chi connectivity index (χ0) is 13.9. The number of rotatable bonds is 3. The Morgan fingerprint density at radius 2 is 1.79 bits per heavy atom. The number of urea groups is 1. The van der Waals surface area contributed by atoms with Crippen LogP contribution < -0.4 is 21.7 Å². The van der Waals surface area contributed by atoms with Crippen LogP contribution in [-0.4, -0.2) is 25.0 Å². The standard InChI is InChI=1S/C13H18N4O2/c1-13(6-7-15-8-13)11(18)16-9-2-4-10(5-3-9)17-12(14)19/h2-5,15H,6-8H2,1H3,(H,16,18)(H3,14,17,19). The zero-order valence-electron chi connectivity index (χ0n) is 10.8. The van der Waals surface area contributed by atoms with E-state index in [0.717, 1.165) is 13.0 Å². The molecule has 3 amide bonds. The number of hydrogen-bond acceptors (Lipinski definition) is 3. The van der Waals surface area contributed by atoms with Gasteiger partial charge in [-0.2, -0.15) is 0 Å². The Balaban J connectivity index is 1.99. The second-order valence-corrected chi connectivity index (χ2v) is 5.01. The highest BCUT2D eigenvalue weighted by Crippen LogP contribution is 2.26. The van der Waals surface area contributed by atoms with Gasteiger partial charge in [-0.15, -0.1) is 0 Å². The molecule has 102 valence electrons. The highest BCUT2D eigenvalue weighted by molar-refractivity contribution is 5.96. The molecule has 0 spiro atoms. The maximum Gasteiger partial charge on any atom is 0.316 e. The molecule has 5 N–H and O–H groups in total. The fraction of sp³-hybridized carbons (Fsp3) is 0.385. The molecule has 6 nitrogen and oxygen atoms in total. The molecule has 0 bridgehead atoms. The smallest absolute Gasteiger partial charge is 0.316 e. The lowest BCUT2D eigenvalue weighted by Gasteiger charge is -2.21. The van der Waals surface area contributed by atoms with Crippen LogP contribution in [0, 0.1) is 5.41 Å². The third kappa shape index (κ3) is 3.23. The van der Waals surface area contributed by atoms with Crippen molar-refractivity contribution in [2.24, 2.45) is 11.1 Å². The van der Waals surface area contributed by atoms with E-state index in [4.69, 9.17) is 5.73 Å². The normalized spacial score (nSPS) is 21.9. The first-order valence-corrected chi connectivity index (χ1v) is 6.18. The summed E-state index contributed by atoms with van der Waals surface area (Å²) in [5.74, 6) is 0.00751. The van der Waals surface area contributed by atoms with Crippen LogP contribution in [0.2, 0.25) is 0 Å². The Morgan fingerprint density at radius 1 is 1.21 bits per heavy atom. The molecule has 1 aromatic rings. The van der Waals surface area contributed by atoms with Gasteiger partial charge in [-0.25, -0.2) is 4.79 Å². The average molecular weight is 262 g/mol. The summed E-state index contributed by atoms with van der Waals surface area (Å²) in [6, 6.07) is 6.23. The van der Waals surface area contributed by atoms with Crippen LogP contribution in [0.1, 0.15) is 13.3 Å². The van der Waals surface area contributed by atoms with Crippen LogP contribution >= 0.6 is 0 Å². The van der Waals surface area contributed by atoms with Crippen molar-refractivity contribution < 1.29 is 9.59 Å². The molecule has 0 saturated carbocycles. The van der Waals surface area contributed by atoms with Crippen molar-refractivity contribution in [3.05, 3.63) is 24.3 Å². The number of nitrogens with one attached hydrogen (secondary N) is 3. The molecule has 0 aromatic heterocycles. The Labute approximate surface area is 111 Å². The van der Waals surface area contributed by atoms with Gasteiger partial charge in [-0.05, 0) is 44.2 Å². The third-order valence-electron chi connectivity index (χ3n) is 3.33. The first kappa shape index (κ1) is 13.4. The molecule has 1 unspecified atom stereocenters. The SMILES string of the molecule is CC1(C(=O)Nc2ccc(NC(N)=O)cc2)CCNC1. The first-order valence-electron chi connectivity index (χ1n) is 6.18. The molecule has 1 aliphatic rings. The van der Waals surface area contributed by atoms with Crippen LogP contribution in [0.15, 0.2) is 24.3 Å². The molecule has 1 heterocycles. The summed E-state index contributed by atoms with van der Waals surface area (Å²) in [7, 11) is 0. The van der Waals surface area contributed by atoms with Gasteiger partial charge < -0.3 is 21.7 Å². The molecule has 1 fully saturated rings. The van der Waals surface area contributed by atoms with Crippen molar-refractivity contribution in [3.63, 3.8) is 0 Å². The predicted octanol–water partition coefficient (Wildman–Crippen LogP) is 1.12. The van der Waals surface area contributed by atoms with Crippen molar-refractivity contribution in [1.29, 1.82) is 0 Å². The van der Waals surface area contributed by atoms with Gasteiger partial charge in [0.05, 0.1) is 5.41 Å². The molecule has 1 atom stereocenters. The van der Waals surface area contributed by atoms with Crippen molar-refractivity contribution in [1.82, 2.24) is 5.32 Å². The highest BCUT2D eigenvalue weighted by atomic mass is 16.2. The molecule has 0 aliphatic carbocycles. The largest absolute Gasteiger partial charge is 0.351 e. The summed E-state index contributed by atoms with van der Waals surface area (Å²) in [6.07, 6.45) is 0.833. The van der Waals surface area contributed by atoms with Gasteiger partial charge >= 0.3 is 6.03 Å². The van der Waals surface area contributed by atoms with Gasteiger partial charge in [0.1, 0.15) is 0 Å². The molecule has 0 radical (unpaired) electrons. The molecular formula is C13H18N4O2. The molecule has 1 aromatic carbocycles. The molecule has 2 rings (SSSR count). The lowest BCUT2D eigenvalue weighted by Crippen LogP contribution is -2.35. The van der Waals surface area contributed by atoms with Crippen molar-refractivity contribution in [2.75, 3.05) is 23.7 Å².